The molecule has 2 heterocycles. The van der Waals surface area contributed by atoms with E-state index in [0.717, 1.165) is 37.3 Å². The summed E-state index contributed by atoms with van der Waals surface area (Å²) in [6.45, 7) is 6.74. The van der Waals surface area contributed by atoms with Crippen molar-refractivity contribution in [3.05, 3.63) is 23.7 Å². The molecule has 1 aliphatic rings. The molecule has 100 valence electrons. The minimum atomic E-state index is -0.436. The highest BCUT2D eigenvalue weighted by atomic mass is 16.3. The summed E-state index contributed by atoms with van der Waals surface area (Å²) in [5, 5.41) is 6.34. The highest BCUT2D eigenvalue weighted by molar-refractivity contribution is 5.86. The van der Waals surface area contributed by atoms with Crippen LogP contribution in [0.15, 0.2) is 16.5 Å². The van der Waals surface area contributed by atoms with E-state index in [9.17, 15) is 4.79 Å². The Bertz CT molecular complexity index is 419. The first-order chi connectivity index (χ1) is 8.51. The molecule has 2 rings (SSSR count). The highest BCUT2D eigenvalue weighted by Crippen LogP contribution is 2.21. The van der Waals surface area contributed by atoms with Gasteiger partial charge in [0, 0.05) is 0 Å². The summed E-state index contributed by atoms with van der Waals surface area (Å²) in [5.41, 5.74) is -0.436. The molecule has 0 bridgehead atoms. The Morgan fingerprint density at radius 3 is 2.83 bits per heavy atom. The summed E-state index contributed by atoms with van der Waals surface area (Å²) in [4.78, 5) is 12.3. The van der Waals surface area contributed by atoms with Crippen LogP contribution in [0.1, 0.15) is 50.7 Å². The van der Waals surface area contributed by atoms with Crippen LogP contribution in [0.2, 0.25) is 0 Å². The lowest BCUT2D eigenvalue weighted by atomic mass is 9.90. The molecular weight excluding hydrogens is 228 g/mol. The molecular formula is C14H22N2O2. The smallest absolute Gasteiger partial charge is 0.240 e. The van der Waals surface area contributed by atoms with Gasteiger partial charge < -0.3 is 15.1 Å². The molecule has 0 aromatic carbocycles. The van der Waals surface area contributed by atoms with Crippen molar-refractivity contribution in [2.45, 2.75) is 51.6 Å². The van der Waals surface area contributed by atoms with Crippen LogP contribution in [0.25, 0.3) is 0 Å². The van der Waals surface area contributed by atoms with Crippen molar-refractivity contribution in [3.8, 4) is 0 Å². The lowest BCUT2D eigenvalue weighted by molar-refractivity contribution is -0.128. The van der Waals surface area contributed by atoms with Crippen LogP contribution in [0.5, 0.6) is 0 Å². The van der Waals surface area contributed by atoms with Crippen LogP contribution >= 0.6 is 0 Å². The molecule has 2 atom stereocenters. The minimum absolute atomic E-state index is 0.0590. The molecule has 1 aromatic heterocycles. The van der Waals surface area contributed by atoms with Gasteiger partial charge in [-0.15, -0.1) is 0 Å². The maximum absolute atomic E-state index is 12.3. The van der Waals surface area contributed by atoms with Gasteiger partial charge in [0.05, 0.1) is 11.6 Å². The summed E-state index contributed by atoms with van der Waals surface area (Å²) in [5.74, 6) is 1.73. The van der Waals surface area contributed by atoms with E-state index >= 15 is 0 Å². The molecule has 0 saturated carbocycles. The van der Waals surface area contributed by atoms with Gasteiger partial charge in [-0.05, 0) is 58.7 Å². The number of rotatable bonds is 3. The molecule has 0 radical (unpaired) electrons. The quantitative estimate of drug-likeness (QED) is 0.865. The number of carbonyl (C=O) groups excluding carboxylic acids is 1. The summed E-state index contributed by atoms with van der Waals surface area (Å²) >= 11 is 0. The van der Waals surface area contributed by atoms with Crippen molar-refractivity contribution in [1.82, 2.24) is 10.6 Å². The predicted molar refractivity (Wildman–Crippen MR) is 70.3 cm³/mol. The summed E-state index contributed by atoms with van der Waals surface area (Å²) < 4.78 is 5.53. The second-order valence-corrected chi connectivity index (χ2v) is 5.36. The van der Waals surface area contributed by atoms with Crippen molar-refractivity contribution in [3.63, 3.8) is 0 Å². The van der Waals surface area contributed by atoms with Crippen LogP contribution < -0.4 is 10.6 Å². The number of piperidine rings is 1. The fourth-order valence-corrected chi connectivity index (χ4v) is 2.36. The number of hydrogen-bond donors (Lipinski definition) is 2. The number of hydrogen-bond acceptors (Lipinski definition) is 3. The van der Waals surface area contributed by atoms with Gasteiger partial charge in [0.1, 0.15) is 11.5 Å². The standard InChI is InChI=1S/C14H22N2O2/c1-10-6-7-12(18-10)11(2)16-13(17)14(3)8-4-5-9-15-14/h6-7,11,15H,4-5,8-9H2,1-3H3,(H,16,17). The lowest BCUT2D eigenvalue weighted by Gasteiger charge is -2.34. The van der Waals surface area contributed by atoms with Gasteiger partial charge in [-0.1, -0.05) is 0 Å². The third-order valence-electron chi connectivity index (χ3n) is 3.66. The summed E-state index contributed by atoms with van der Waals surface area (Å²) in [6.07, 6.45) is 3.14. The first kappa shape index (κ1) is 13.1. The third kappa shape index (κ3) is 2.75. The van der Waals surface area contributed by atoms with Crippen molar-refractivity contribution in [1.29, 1.82) is 0 Å². The van der Waals surface area contributed by atoms with E-state index in [1.807, 2.05) is 32.9 Å². The van der Waals surface area contributed by atoms with Gasteiger partial charge in [0.15, 0.2) is 0 Å². The molecule has 1 amide bonds. The second kappa shape index (κ2) is 5.14. The third-order valence-corrected chi connectivity index (χ3v) is 3.66. The number of carbonyl (C=O) groups is 1. The molecule has 0 aliphatic carbocycles. The zero-order chi connectivity index (χ0) is 13.2. The largest absolute Gasteiger partial charge is 0.464 e. The van der Waals surface area contributed by atoms with E-state index < -0.39 is 5.54 Å². The monoisotopic (exact) mass is 250 g/mol. The molecule has 4 heteroatoms. The Kier molecular flexibility index (Phi) is 3.76. The average molecular weight is 250 g/mol. The van der Waals surface area contributed by atoms with E-state index in [4.69, 9.17) is 4.42 Å². The summed E-state index contributed by atoms with van der Waals surface area (Å²) in [6, 6.07) is 3.74. The van der Waals surface area contributed by atoms with Crippen molar-refractivity contribution >= 4 is 5.91 Å². The van der Waals surface area contributed by atoms with Gasteiger partial charge >= 0.3 is 0 Å². The van der Waals surface area contributed by atoms with Gasteiger partial charge in [-0.3, -0.25) is 4.79 Å². The van der Waals surface area contributed by atoms with Gasteiger partial charge in [0.25, 0.3) is 0 Å². The molecule has 18 heavy (non-hydrogen) atoms. The van der Waals surface area contributed by atoms with Crippen LogP contribution in [-0.4, -0.2) is 18.0 Å². The zero-order valence-electron chi connectivity index (χ0n) is 11.4. The molecule has 2 unspecified atom stereocenters. The average Bonchev–Trinajstić information content (AvgIpc) is 2.77. The van der Waals surface area contributed by atoms with Crippen LogP contribution in [0, 0.1) is 6.92 Å². The van der Waals surface area contributed by atoms with Gasteiger partial charge in [0.2, 0.25) is 5.91 Å². The Balaban J connectivity index is 1.98. The minimum Gasteiger partial charge on any atom is -0.464 e. The van der Waals surface area contributed by atoms with Crippen LogP contribution in [0.4, 0.5) is 0 Å². The Labute approximate surface area is 108 Å². The molecule has 2 N–H and O–H groups in total. The second-order valence-electron chi connectivity index (χ2n) is 5.36. The fourth-order valence-electron chi connectivity index (χ4n) is 2.36. The Hall–Kier alpha value is -1.29. The van der Waals surface area contributed by atoms with E-state index in [0.29, 0.717) is 0 Å². The number of amides is 1. The molecule has 0 spiro atoms. The lowest BCUT2D eigenvalue weighted by Crippen LogP contribution is -2.57. The molecule has 1 aromatic rings. The van der Waals surface area contributed by atoms with Gasteiger partial charge in [-0.25, -0.2) is 0 Å². The Morgan fingerprint density at radius 1 is 1.50 bits per heavy atom. The first-order valence-electron chi connectivity index (χ1n) is 6.63. The SMILES string of the molecule is Cc1ccc(C(C)NC(=O)C2(C)CCCCN2)o1. The molecule has 1 aliphatic heterocycles. The number of aryl methyl sites for hydroxylation is 1. The predicted octanol–water partition coefficient (Wildman–Crippen LogP) is 2.30. The Morgan fingerprint density at radius 2 is 2.28 bits per heavy atom. The van der Waals surface area contributed by atoms with E-state index in [2.05, 4.69) is 10.6 Å². The zero-order valence-corrected chi connectivity index (χ0v) is 11.4. The normalized spacial score (nSPS) is 25.7. The summed E-state index contributed by atoms with van der Waals surface area (Å²) in [7, 11) is 0. The maximum atomic E-state index is 12.3. The first-order valence-corrected chi connectivity index (χ1v) is 6.63. The maximum Gasteiger partial charge on any atom is 0.240 e. The highest BCUT2D eigenvalue weighted by Gasteiger charge is 2.35. The fraction of sp³-hybridized carbons (Fsp3) is 0.643. The van der Waals surface area contributed by atoms with Crippen molar-refractivity contribution < 1.29 is 9.21 Å². The van der Waals surface area contributed by atoms with Crippen LogP contribution in [-0.2, 0) is 4.79 Å². The topological polar surface area (TPSA) is 54.3 Å². The van der Waals surface area contributed by atoms with E-state index in [1.54, 1.807) is 0 Å². The van der Waals surface area contributed by atoms with E-state index in [1.165, 1.54) is 0 Å². The van der Waals surface area contributed by atoms with Crippen LogP contribution in [0.3, 0.4) is 0 Å². The van der Waals surface area contributed by atoms with Crippen molar-refractivity contribution in [2.24, 2.45) is 0 Å². The number of furan rings is 1. The van der Waals surface area contributed by atoms with Crippen molar-refractivity contribution in [2.75, 3.05) is 6.54 Å². The molecule has 4 nitrogen and oxygen atoms in total. The molecule has 1 saturated heterocycles. The van der Waals surface area contributed by atoms with Gasteiger partial charge in [-0.2, -0.15) is 0 Å². The number of nitrogens with one attached hydrogen (secondary N) is 2. The van der Waals surface area contributed by atoms with E-state index in [-0.39, 0.29) is 11.9 Å². The molecule has 1 fully saturated rings.